The lowest BCUT2D eigenvalue weighted by Gasteiger charge is -1.73. The number of hydrogen-bond acceptors (Lipinski definition) is 1. The highest BCUT2D eigenvalue weighted by molar-refractivity contribution is 6.24. The van der Waals surface area contributed by atoms with Crippen LogP contribution in [0.3, 0.4) is 0 Å². The summed E-state index contributed by atoms with van der Waals surface area (Å²) in [6.45, 7) is 1.99. The van der Waals surface area contributed by atoms with Gasteiger partial charge in [-0.3, -0.25) is 0 Å². The van der Waals surface area contributed by atoms with E-state index in [-0.39, 0.29) is 0 Å². The van der Waals surface area contributed by atoms with Gasteiger partial charge in [-0.25, -0.2) is 0 Å². The van der Waals surface area contributed by atoms with Crippen molar-refractivity contribution in [2.75, 3.05) is 7.11 Å². The smallest absolute Gasteiger partial charge is 0.225 e. The molecule has 0 aliphatic carbocycles. The summed E-state index contributed by atoms with van der Waals surface area (Å²) >= 11 is 0. The average Bonchev–Trinajstić information content (AvgIpc) is 1.37. The monoisotopic (exact) mass is 74.0 g/mol. The molecule has 1 nitrogen and oxygen atoms in total. The standard InChI is InChI=1S/C2H6OSi/c1-3-4-2/h1-2H3. The van der Waals surface area contributed by atoms with E-state index in [0.29, 0.717) is 9.76 Å². The van der Waals surface area contributed by atoms with Gasteiger partial charge in [-0.1, -0.05) is 0 Å². The quantitative estimate of drug-likeness (QED) is 0.406. The van der Waals surface area contributed by atoms with Gasteiger partial charge in [-0.15, -0.1) is 0 Å². The van der Waals surface area contributed by atoms with Crippen LogP contribution in [0.5, 0.6) is 0 Å². The minimum Gasteiger partial charge on any atom is -0.421 e. The first kappa shape index (κ1) is 4.18. The van der Waals surface area contributed by atoms with Crippen LogP contribution < -0.4 is 0 Å². The molecule has 2 radical (unpaired) electrons. The second kappa shape index (κ2) is 3.18. The third kappa shape index (κ3) is 2.18. The molecule has 0 bridgehead atoms. The van der Waals surface area contributed by atoms with Crippen molar-refractivity contribution >= 4 is 9.76 Å². The Hall–Kier alpha value is 0.177. The molecule has 0 saturated carbocycles. The van der Waals surface area contributed by atoms with E-state index in [1.54, 1.807) is 7.11 Å². The van der Waals surface area contributed by atoms with Crippen molar-refractivity contribution in [2.24, 2.45) is 0 Å². The van der Waals surface area contributed by atoms with Gasteiger partial charge in [0, 0.05) is 7.11 Å². The highest BCUT2D eigenvalue weighted by Crippen LogP contribution is 1.47. The van der Waals surface area contributed by atoms with Crippen LogP contribution >= 0.6 is 0 Å². The van der Waals surface area contributed by atoms with Crippen molar-refractivity contribution in [3.63, 3.8) is 0 Å². The molecular formula is C2H6OSi. The second-order valence-corrected chi connectivity index (χ2v) is 1.22. The topological polar surface area (TPSA) is 9.23 Å². The van der Waals surface area contributed by atoms with E-state index in [2.05, 4.69) is 4.43 Å². The lowest BCUT2D eigenvalue weighted by Crippen LogP contribution is -1.79. The molecule has 0 unspecified atom stereocenters. The first-order valence-corrected chi connectivity index (χ1v) is 2.52. The van der Waals surface area contributed by atoms with Gasteiger partial charge in [-0.05, 0) is 6.55 Å². The summed E-state index contributed by atoms with van der Waals surface area (Å²) in [4.78, 5) is 0. The van der Waals surface area contributed by atoms with Crippen molar-refractivity contribution in [1.29, 1.82) is 0 Å². The Morgan fingerprint density at radius 3 is 2.00 bits per heavy atom. The zero-order valence-electron chi connectivity index (χ0n) is 2.91. The van der Waals surface area contributed by atoms with E-state index < -0.39 is 0 Å². The van der Waals surface area contributed by atoms with Crippen LogP contribution in [-0.2, 0) is 4.43 Å². The molecule has 0 heterocycles. The van der Waals surface area contributed by atoms with Gasteiger partial charge in [-0.2, -0.15) is 0 Å². The summed E-state index contributed by atoms with van der Waals surface area (Å²) in [5, 5.41) is 0. The highest BCUT2D eigenvalue weighted by Gasteiger charge is 1.58. The molecule has 0 aliphatic heterocycles. The number of rotatable bonds is 1. The molecule has 2 heteroatoms. The zero-order chi connectivity index (χ0) is 3.41. The molecule has 0 aromatic heterocycles. The van der Waals surface area contributed by atoms with Gasteiger partial charge in [0.2, 0.25) is 9.76 Å². The summed E-state index contributed by atoms with van der Waals surface area (Å²) in [7, 11) is 2.33. The van der Waals surface area contributed by atoms with Gasteiger partial charge in [0.1, 0.15) is 0 Å². The second-order valence-electron chi connectivity index (χ2n) is 0.408. The first-order valence-electron chi connectivity index (χ1n) is 1.11. The molecule has 0 saturated heterocycles. The molecule has 0 spiro atoms. The largest absolute Gasteiger partial charge is 0.421 e. The molecule has 4 heavy (non-hydrogen) atoms. The van der Waals surface area contributed by atoms with Crippen LogP contribution in [0.4, 0.5) is 0 Å². The first-order chi connectivity index (χ1) is 1.91. The Morgan fingerprint density at radius 1 is 1.75 bits per heavy atom. The molecule has 0 rings (SSSR count). The van der Waals surface area contributed by atoms with Gasteiger partial charge in [0.25, 0.3) is 0 Å². The van der Waals surface area contributed by atoms with Crippen molar-refractivity contribution in [2.45, 2.75) is 6.55 Å². The zero-order valence-corrected chi connectivity index (χ0v) is 3.91. The van der Waals surface area contributed by atoms with Gasteiger partial charge >= 0.3 is 0 Å². The van der Waals surface area contributed by atoms with Crippen molar-refractivity contribution in [1.82, 2.24) is 0 Å². The Morgan fingerprint density at radius 2 is 2.00 bits per heavy atom. The third-order valence-corrected chi connectivity index (χ3v) is 0.612. The normalized spacial score (nSPS) is 7.50. The SMILES string of the molecule is CO[Si]C. The predicted octanol–water partition coefficient (Wildman–Crippen LogP) is 0.300. The lowest BCUT2D eigenvalue weighted by atomic mass is 11.8. The van der Waals surface area contributed by atoms with Crippen molar-refractivity contribution < 1.29 is 4.43 Å². The third-order valence-electron chi connectivity index (χ3n) is 0.204. The Kier molecular flexibility index (Phi) is 3.32. The molecule has 0 atom stereocenters. The van der Waals surface area contributed by atoms with Gasteiger partial charge in [0.05, 0.1) is 0 Å². The van der Waals surface area contributed by atoms with E-state index >= 15 is 0 Å². The molecule has 0 aromatic carbocycles. The minimum absolute atomic E-state index is 0.640. The van der Waals surface area contributed by atoms with E-state index in [1.807, 2.05) is 6.55 Å². The molecule has 0 amide bonds. The van der Waals surface area contributed by atoms with Crippen molar-refractivity contribution in [3.05, 3.63) is 0 Å². The molecule has 0 aromatic rings. The summed E-state index contributed by atoms with van der Waals surface area (Å²) in [6, 6.07) is 0. The highest BCUT2D eigenvalue weighted by atomic mass is 28.2. The molecule has 24 valence electrons. The van der Waals surface area contributed by atoms with E-state index in [0.717, 1.165) is 0 Å². The van der Waals surface area contributed by atoms with Crippen LogP contribution in [0.15, 0.2) is 0 Å². The van der Waals surface area contributed by atoms with Crippen LogP contribution in [0.25, 0.3) is 0 Å². The van der Waals surface area contributed by atoms with Crippen LogP contribution in [-0.4, -0.2) is 16.9 Å². The van der Waals surface area contributed by atoms with E-state index in [1.165, 1.54) is 0 Å². The Balaban J connectivity index is 1.97. The Bertz CT molecular complexity index is 8.00. The minimum atomic E-state index is 0.640. The van der Waals surface area contributed by atoms with E-state index in [9.17, 15) is 0 Å². The maximum Gasteiger partial charge on any atom is 0.225 e. The molecular weight excluding hydrogens is 68.1 g/mol. The van der Waals surface area contributed by atoms with Crippen LogP contribution in [0, 0.1) is 0 Å². The molecule has 0 aliphatic rings. The van der Waals surface area contributed by atoms with Crippen molar-refractivity contribution in [3.8, 4) is 0 Å². The number of hydrogen-bond donors (Lipinski definition) is 0. The summed E-state index contributed by atoms with van der Waals surface area (Å²) in [6.07, 6.45) is 0. The van der Waals surface area contributed by atoms with Crippen LogP contribution in [0.2, 0.25) is 6.55 Å². The Labute approximate surface area is 28.9 Å². The van der Waals surface area contributed by atoms with Gasteiger partial charge < -0.3 is 4.43 Å². The lowest BCUT2D eigenvalue weighted by molar-refractivity contribution is 0.446. The average molecular weight is 74.2 g/mol. The molecule has 0 N–H and O–H groups in total. The maximum absolute atomic E-state index is 4.57. The summed E-state index contributed by atoms with van der Waals surface area (Å²) in [5.41, 5.74) is 0. The summed E-state index contributed by atoms with van der Waals surface area (Å²) < 4.78 is 4.57. The van der Waals surface area contributed by atoms with Gasteiger partial charge in [0.15, 0.2) is 0 Å². The fraction of sp³-hybridized carbons (Fsp3) is 1.00. The van der Waals surface area contributed by atoms with E-state index in [4.69, 9.17) is 0 Å². The predicted molar refractivity (Wildman–Crippen MR) is 18.6 cm³/mol. The fourth-order valence-corrected chi connectivity index (χ4v) is 0. The fourth-order valence-electron chi connectivity index (χ4n) is 0. The maximum atomic E-state index is 4.57. The summed E-state index contributed by atoms with van der Waals surface area (Å²) in [5.74, 6) is 0. The molecule has 0 fully saturated rings. The van der Waals surface area contributed by atoms with Crippen LogP contribution in [0.1, 0.15) is 0 Å².